The molecule has 0 saturated heterocycles. The Morgan fingerprint density at radius 2 is 2.31 bits per heavy atom. The van der Waals surface area contributed by atoms with E-state index in [1.165, 1.54) is 0 Å². The molecule has 4 heteroatoms. The van der Waals surface area contributed by atoms with Crippen LogP contribution in [0.4, 0.5) is 5.88 Å². The first-order chi connectivity index (χ1) is 6.13. The van der Waals surface area contributed by atoms with Gasteiger partial charge in [0.05, 0.1) is 6.10 Å². The molecule has 1 aromatic rings. The van der Waals surface area contributed by atoms with Crippen LogP contribution in [0.25, 0.3) is 0 Å². The summed E-state index contributed by atoms with van der Waals surface area (Å²) >= 11 is 0. The molecule has 0 fully saturated rings. The van der Waals surface area contributed by atoms with Crippen LogP contribution in [-0.2, 0) is 0 Å². The second-order valence-corrected chi connectivity index (χ2v) is 3.15. The summed E-state index contributed by atoms with van der Waals surface area (Å²) in [5, 5.41) is 9.29. The molecule has 0 aliphatic heterocycles. The zero-order valence-electron chi connectivity index (χ0n) is 8.03. The average molecular weight is 184 g/mol. The van der Waals surface area contributed by atoms with Crippen molar-refractivity contribution in [1.82, 2.24) is 0 Å². The van der Waals surface area contributed by atoms with Gasteiger partial charge in [0.2, 0.25) is 0 Å². The van der Waals surface area contributed by atoms with E-state index >= 15 is 0 Å². The molecular formula is C9H16N2O2. The Morgan fingerprint density at radius 1 is 1.62 bits per heavy atom. The third-order valence-corrected chi connectivity index (χ3v) is 1.86. The minimum atomic E-state index is -0.504. The quantitative estimate of drug-likeness (QED) is 0.708. The van der Waals surface area contributed by atoms with E-state index in [-0.39, 0.29) is 6.54 Å². The maximum absolute atomic E-state index is 9.29. The Bertz CT molecular complexity index is 260. The average Bonchev–Trinajstić information content (AvgIpc) is 2.51. The molecule has 0 aromatic carbocycles. The molecule has 0 spiro atoms. The summed E-state index contributed by atoms with van der Waals surface area (Å²) in [6, 6.07) is 3.76. The van der Waals surface area contributed by atoms with Gasteiger partial charge >= 0.3 is 0 Å². The summed E-state index contributed by atoms with van der Waals surface area (Å²) in [6.45, 7) is 2.64. The highest BCUT2D eigenvalue weighted by Gasteiger charge is 2.09. The molecule has 1 rings (SSSR count). The second-order valence-electron chi connectivity index (χ2n) is 3.15. The van der Waals surface area contributed by atoms with E-state index in [1.807, 2.05) is 31.0 Å². The molecule has 1 aromatic heterocycles. The molecule has 4 nitrogen and oxygen atoms in total. The fourth-order valence-corrected chi connectivity index (χ4v) is 1.11. The molecule has 0 radical (unpaired) electrons. The van der Waals surface area contributed by atoms with Gasteiger partial charge in [-0.15, -0.1) is 0 Å². The highest BCUT2D eigenvalue weighted by atomic mass is 16.4. The van der Waals surface area contributed by atoms with E-state index in [2.05, 4.69) is 0 Å². The van der Waals surface area contributed by atoms with E-state index in [4.69, 9.17) is 10.2 Å². The third kappa shape index (κ3) is 2.75. The van der Waals surface area contributed by atoms with E-state index < -0.39 is 6.10 Å². The summed E-state index contributed by atoms with van der Waals surface area (Å²) in [5.41, 5.74) is 5.30. The Balaban J connectivity index is 2.53. The van der Waals surface area contributed by atoms with Gasteiger partial charge in [0, 0.05) is 26.2 Å². The molecule has 0 bridgehead atoms. The molecule has 13 heavy (non-hydrogen) atoms. The number of nitrogens with two attached hydrogens (primary N) is 1. The zero-order valence-corrected chi connectivity index (χ0v) is 8.03. The SMILES string of the molecule is Cc1ccc(N(C)CC(O)CN)o1. The first kappa shape index (κ1) is 10.1. The highest BCUT2D eigenvalue weighted by molar-refractivity contribution is 5.35. The lowest BCUT2D eigenvalue weighted by Gasteiger charge is -2.18. The normalized spacial score (nSPS) is 12.9. The van der Waals surface area contributed by atoms with Crippen molar-refractivity contribution in [3.8, 4) is 0 Å². The molecule has 0 saturated carbocycles. The molecule has 74 valence electrons. The van der Waals surface area contributed by atoms with Gasteiger partial charge in [0.15, 0.2) is 5.88 Å². The Kier molecular flexibility index (Phi) is 3.33. The van der Waals surface area contributed by atoms with Gasteiger partial charge in [0.1, 0.15) is 5.76 Å². The summed E-state index contributed by atoms with van der Waals surface area (Å²) in [7, 11) is 1.86. The van der Waals surface area contributed by atoms with Crippen LogP contribution >= 0.6 is 0 Å². The van der Waals surface area contributed by atoms with Crippen LogP contribution in [-0.4, -0.2) is 31.3 Å². The van der Waals surface area contributed by atoms with Crippen molar-refractivity contribution < 1.29 is 9.52 Å². The molecule has 1 heterocycles. The predicted molar refractivity (Wildman–Crippen MR) is 51.8 cm³/mol. The number of aliphatic hydroxyl groups is 1. The van der Waals surface area contributed by atoms with Crippen molar-refractivity contribution in [1.29, 1.82) is 0 Å². The van der Waals surface area contributed by atoms with E-state index in [9.17, 15) is 5.11 Å². The van der Waals surface area contributed by atoms with Crippen LogP contribution in [0.15, 0.2) is 16.5 Å². The Hall–Kier alpha value is -1.00. The van der Waals surface area contributed by atoms with Crippen LogP contribution in [0, 0.1) is 6.92 Å². The summed E-state index contributed by atoms with van der Waals surface area (Å²) < 4.78 is 5.36. The number of hydrogen-bond donors (Lipinski definition) is 2. The van der Waals surface area contributed by atoms with Crippen LogP contribution < -0.4 is 10.6 Å². The number of hydrogen-bond acceptors (Lipinski definition) is 4. The number of aliphatic hydroxyl groups excluding tert-OH is 1. The first-order valence-electron chi connectivity index (χ1n) is 4.29. The first-order valence-corrected chi connectivity index (χ1v) is 4.29. The molecule has 0 aliphatic rings. The van der Waals surface area contributed by atoms with Gasteiger partial charge < -0.3 is 20.2 Å². The van der Waals surface area contributed by atoms with Gasteiger partial charge in [-0.05, 0) is 13.0 Å². The van der Waals surface area contributed by atoms with E-state index in [0.717, 1.165) is 11.6 Å². The topological polar surface area (TPSA) is 62.6 Å². The largest absolute Gasteiger partial charge is 0.446 e. The van der Waals surface area contributed by atoms with Gasteiger partial charge in [-0.3, -0.25) is 0 Å². The summed E-state index contributed by atoms with van der Waals surface area (Å²) in [5.74, 6) is 1.62. The highest BCUT2D eigenvalue weighted by Crippen LogP contribution is 2.16. The fraction of sp³-hybridized carbons (Fsp3) is 0.556. The molecule has 1 atom stereocenters. The zero-order chi connectivity index (χ0) is 9.84. The lowest BCUT2D eigenvalue weighted by Crippen LogP contribution is -2.33. The maximum atomic E-state index is 9.29. The smallest absolute Gasteiger partial charge is 0.195 e. The van der Waals surface area contributed by atoms with Crippen molar-refractivity contribution in [3.63, 3.8) is 0 Å². The number of anilines is 1. The monoisotopic (exact) mass is 184 g/mol. The van der Waals surface area contributed by atoms with Crippen LogP contribution in [0.2, 0.25) is 0 Å². The van der Waals surface area contributed by atoms with E-state index in [0.29, 0.717) is 6.54 Å². The molecule has 0 aliphatic carbocycles. The fourth-order valence-electron chi connectivity index (χ4n) is 1.11. The summed E-state index contributed by atoms with van der Waals surface area (Å²) in [4.78, 5) is 1.84. The van der Waals surface area contributed by atoms with Crippen molar-refractivity contribution in [3.05, 3.63) is 17.9 Å². The van der Waals surface area contributed by atoms with E-state index in [1.54, 1.807) is 0 Å². The molecule has 0 amide bonds. The van der Waals surface area contributed by atoms with Crippen LogP contribution in [0.1, 0.15) is 5.76 Å². The van der Waals surface area contributed by atoms with Crippen LogP contribution in [0.5, 0.6) is 0 Å². The van der Waals surface area contributed by atoms with Crippen LogP contribution in [0.3, 0.4) is 0 Å². The minimum absolute atomic E-state index is 0.268. The molecule has 1 unspecified atom stereocenters. The van der Waals surface area contributed by atoms with Crippen molar-refractivity contribution in [2.75, 3.05) is 25.0 Å². The maximum Gasteiger partial charge on any atom is 0.195 e. The van der Waals surface area contributed by atoms with Gasteiger partial charge in [-0.25, -0.2) is 0 Å². The minimum Gasteiger partial charge on any atom is -0.446 e. The standard InChI is InChI=1S/C9H16N2O2/c1-7-3-4-9(13-7)11(2)6-8(12)5-10/h3-4,8,12H,5-6,10H2,1-2H3. The van der Waals surface area contributed by atoms with Gasteiger partial charge in [-0.2, -0.15) is 0 Å². The number of nitrogens with zero attached hydrogens (tertiary/aromatic N) is 1. The lowest BCUT2D eigenvalue weighted by molar-refractivity contribution is 0.188. The van der Waals surface area contributed by atoms with Crippen molar-refractivity contribution in [2.24, 2.45) is 5.73 Å². The Labute approximate surface area is 77.9 Å². The number of aryl methyl sites for hydroxylation is 1. The third-order valence-electron chi connectivity index (χ3n) is 1.86. The van der Waals surface area contributed by atoms with Gasteiger partial charge in [0.25, 0.3) is 0 Å². The van der Waals surface area contributed by atoms with Crippen molar-refractivity contribution >= 4 is 5.88 Å². The number of furan rings is 1. The van der Waals surface area contributed by atoms with Crippen molar-refractivity contribution in [2.45, 2.75) is 13.0 Å². The number of likely N-dealkylation sites (N-methyl/N-ethyl adjacent to an activating group) is 1. The Morgan fingerprint density at radius 3 is 2.77 bits per heavy atom. The lowest BCUT2D eigenvalue weighted by atomic mass is 10.3. The second kappa shape index (κ2) is 4.30. The van der Waals surface area contributed by atoms with Gasteiger partial charge in [-0.1, -0.05) is 0 Å². The predicted octanol–water partition coefficient (Wildman–Crippen LogP) is 0.344. The number of rotatable bonds is 4. The molecule has 3 N–H and O–H groups in total. The molecular weight excluding hydrogens is 168 g/mol. The summed E-state index contributed by atoms with van der Waals surface area (Å²) in [6.07, 6.45) is -0.504.